The van der Waals surface area contributed by atoms with Crippen LogP contribution in [0.2, 0.25) is 0 Å². The fourth-order valence-corrected chi connectivity index (χ4v) is 3.56. The first-order chi connectivity index (χ1) is 9.26. The van der Waals surface area contributed by atoms with E-state index in [1.54, 1.807) is 0 Å². The summed E-state index contributed by atoms with van der Waals surface area (Å²) in [6.07, 6.45) is 6.94. The maximum absolute atomic E-state index is 12.7. The highest BCUT2D eigenvalue weighted by Gasteiger charge is 2.34. The maximum atomic E-state index is 12.7. The van der Waals surface area contributed by atoms with Crippen molar-refractivity contribution in [2.24, 2.45) is 17.6 Å². The molecule has 1 heterocycles. The first kappa shape index (κ1) is 14.8. The Bertz CT molecular complexity index is 294. The lowest BCUT2D eigenvalue weighted by atomic mass is 9.78. The molecule has 2 fully saturated rings. The minimum Gasteiger partial charge on any atom is -0.377 e. The van der Waals surface area contributed by atoms with Crippen molar-refractivity contribution in [3.8, 4) is 0 Å². The molecule has 3 unspecified atom stereocenters. The average Bonchev–Trinajstić information content (AvgIpc) is 2.47. The Morgan fingerprint density at radius 1 is 1.26 bits per heavy atom. The van der Waals surface area contributed by atoms with Gasteiger partial charge in [0.05, 0.1) is 6.10 Å². The summed E-state index contributed by atoms with van der Waals surface area (Å²) in [5.74, 6) is 0.896. The number of carbonyl (C=O) groups excluding carboxylic acids is 1. The van der Waals surface area contributed by atoms with Gasteiger partial charge in [-0.2, -0.15) is 0 Å². The van der Waals surface area contributed by atoms with E-state index >= 15 is 0 Å². The van der Waals surface area contributed by atoms with E-state index in [4.69, 9.17) is 10.5 Å². The molecule has 2 rings (SSSR count). The highest BCUT2D eigenvalue weighted by Crippen LogP contribution is 2.31. The monoisotopic (exact) mass is 268 g/mol. The Kier molecular flexibility index (Phi) is 5.64. The Hall–Kier alpha value is -0.610. The number of hydrogen-bond donors (Lipinski definition) is 1. The topological polar surface area (TPSA) is 55.6 Å². The molecular formula is C15H28N2O2. The van der Waals surface area contributed by atoms with Crippen LogP contribution in [-0.2, 0) is 9.53 Å². The van der Waals surface area contributed by atoms with E-state index in [0.29, 0.717) is 18.4 Å². The van der Waals surface area contributed by atoms with Crippen LogP contribution in [0, 0.1) is 11.8 Å². The molecule has 4 heteroatoms. The molecule has 1 aliphatic heterocycles. The summed E-state index contributed by atoms with van der Waals surface area (Å²) < 4.78 is 5.69. The van der Waals surface area contributed by atoms with Gasteiger partial charge >= 0.3 is 0 Å². The van der Waals surface area contributed by atoms with Gasteiger partial charge in [0, 0.05) is 25.6 Å². The van der Waals surface area contributed by atoms with Gasteiger partial charge in [0.25, 0.3) is 0 Å². The Labute approximate surface area is 116 Å². The predicted molar refractivity (Wildman–Crippen MR) is 75.7 cm³/mol. The van der Waals surface area contributed by atoms with E-state index in [9.17, 15) is 4.79 Å². The van der Waals surface area contributed by atoms with Crippen molar-refractivity contribution < 1.29 is 9.53 Å². The maximum Gasteiger partial charge on any atom is 0.226 e. The molecule has 2 aliphatic rings. The fraction of sp³-hybridized carbons (Fsp3) is 0.933. The number of amides is 1. The summed E-state index contributed by atoms with van der Waals surface area (Å²) in [7, 11) is 0. The molecule has 0 radical (unpaired) electrons. The van der Waals surface area contributed by atoms with Crippen molar-refractivity contribution in [1.29, 1.82) is 0 Å². The van der Waals surface area contributed by atoms with Crippen LogP contribution in [0.5, 0.6) is 0 Å². The SMILES string of the molecule is CCOC1CCCN(C(=O)C2CCCCC2CN)C1. The van der Waals surface area contributed by atoms with Crippen molar-refractivity contribution in [3.05, 3.63) is 0 Å². The van der Waals surface area contributed by atoms with Crippen molar-refractivity contribution in [1.82, 2.24) is 4.90 Å². The van der Waals surface area contributed by atoms with Crippen LogP contribution in [-0.4, -0.2) is 43.2 Å². The number of nitrogens with zero attached hydrogens (tertiary/aromatic N) is 1. The molecule has 1 amide bonds. The average molecular weight is 268 g/mol. The lowest BCUT2D eigenvalue weighted by Crippen LogP contribution is -2.48. The van der Waals surface area contributed by atoms with Crippen LogP contribution in [0.25, 0.3) is 0 Å². The summed E-state index contributed by atoms with van der Waals surface area (Å²) in [6, 6.07) is 0. The lowest BCUT2D eigenvalue weighted by molar-refractivity contribution is -0.142. The van der Waals surface area contributed by atoms with Crippen LogP contribution in [0.15, 0.2) is 0 Å². The molecule has 3 atom stereocenters. The number of nitrogens with two attached hydrogens (primary N) is 1. The number of piperidine rings is 1. The molecule has 110 valence electrons. The molecule has 0 spiro atoms. The minimum atomic E-state index is 0.166. The van der Waals surface area contributed by atoms with Gasteiger partial charge in [0.1, 0.15) is 0 Å². The third kappa shape index (κ3) is 3.69. The molecule has 2 N–H and O–H groups in total. The smallest absolute Gasteiger partial charge is 0.226 e. The van der Waals surface area contributed by atoms with Gasteiger partial charge in [-0.25, -0.2) is 0 Å². The van der Waals surface area contributed by atoms with Crippen LogP contribution in [0.3, 0.4) is 0 Å². The highest BCUT2D eigenvalue weighted by atomic mass is 16.5. The molecule has 1 aliphatic carbocycles. The second-order valence-electron chi connectivity index (χ2n) is 5.89. The van der Waals surface area contributed by atoms with Gasteiger partial charge in [0.2, 0.25) is 5.91 Å². The highest BCUT2D eigenvalue weighted by molar-refractivity contribution is 5.79. The number of likely N-dealkylation sites (tertiary alicyclic amines) is 1. The van der Waals surface area contributed by atoms with Crippen LogP contribution < -0.4 is 5.73 Å². The molecule has 1 saturated heterocycles. The van der Waals surface area contributed by atoms with Gasteiger partial charge in [-0.05, 0) is 45.1 Å². The van der Waals surface area contributed by atoms with E-state index in [1.807, 2.05) is 11.8 Å². The van der Waals surface area contributed by atoms with E-state index in [-0.39, 0.29) is 12.0 Å². The van der Waals surface area contributed by atoms with E-state index in [1.165, 1.54) is 12.8 Å². The number of hydrogen-bond acceptors (Lipinski definition) is 3. The van der Waals surface area contributed by atoms with Crippen molar-refractivity contribution >= 4 is 5.91 Å². The first-order valence-electron chi connectivity index (χ1n) is 7.86. The molecular weight excluding hydrogens is 240 g/mol. The zero-order chi connectivity index (χ0) is 13.7. The molecule has 0 aromatic heterocycles. The number of carbonyl (C=O) groups is 1. The second-order valence-corrected chi connectivity index (χ2v) is 5.89. The summed E-state index contributed by atoms with van der Waals surface area (Å²) in [4.78, 5) is 14.7. The molecule has 0 aromatic rings. The third-order valence-corrected chi connectivity index (χ3v) is 4.62. The van der Waals surface area contributed by atoms with Gasteiger partial charge in [-0.15, -0.1) is 0 Å². The second kappa shape index (κ2) is 7.25. The first-order valence-corrected chi connectivity index (χ1v) is 7.86. The quantitative estimate of drug-likeness (QED) is 0.845. The fourth-order valence-electron chi connectivity index (χ4n) is 3.56. The van der Waals surface area contributed by atoms with Crippen molar-refractivity contribution in [2.45, 2.75) is 51.6 Å². The van der Waals surface area contributed by atoms with Gasteiger partial charge in [0.15, 0.2) is 0 Å². The van der Waals surface area contributed by atoms with E-state index in [0.717, 1.165) is 45.4 Å². The minimum absolute atomic E-state index is 0.166. The zero-order valence-electron chi connectivity index (χ0n) is 12.1. The largest absolute Gasteiger partial charge is 0.377 e. The van der Waals surface area contributed by atoms with Gasteiger partial charge in [-0.1, -0.05) is 12.8 Å². The third-order valence-electron chi connectivity index (χ3n) is 4.62. The Balaban J connectivity index is 1.93. The standard InChI is InChI=1S/C15H28N2O2/c1-2-19-13-7-5-9-17(11-13)15(18)14-8-4-3-6-12(14)10-16/h12-14H,2-11,16H2,1H3. The number of ether oxygens (including phenoxy) is 1. The molecule has 0 bridgehead atoms. The van der Waals surface area contributed by atoms with Crippen molar-refractivity contribution in [3.63, 3.8) is 0 Å². The molecule has 1 saturated carbocycles. The normalized spacial score (nSPS) is 32.3. The molecule has 0 aromatic carbocycles. The van der Waals surface area contributed by atoms with E-state index < -0.39 is 0 Å². The summed E-state index contributed by atoms with van der Waals surface area (Å²) in [5.41, 5.74) is 5.84. The summed E-state index contributed by atoms with van der Waals surface area (Å²) in [5, 5.41) is 0. The van der Waals surface area contributed by atoms with Crippen LogP contribution in [0.4, 0.5) is 0 Å². The van der Waals surface area contributed by atoms with Crippen LogP contribution >= 0.6 is 0 Å². The predicted octanol–water partition coefficient (Wildman–Crippen LogP) is 1.78. The Morgan fingerprint density at radius 2 is 2.05 bits per heavy atom. The summed E-state index contributed by atoms with van der Waals surface area (Å²) in [6.45, 7) is 5.09. The molecule has 19 heavy (non-hydrogen) atoms. The lowest BCUT2D eigenvalue weighted by Gasteiger charge is -2.38. The summed E-state index contributed by atoms with van der Waals surface area (Å²) >= 11 is 0. The van der Waals surface area contributed by atoms with Gasteiger partial charge in [-0.3, -0.25) is 4.79 Å². The number of rotatable bonds is 4. The zero-order valence-corrected chi connectivity index (χ0v) is 12.1. The van der Waals surface area contributed by atoms with Crippen LogP contribution in [0.1, 0.15) is 45.4 Å². The molecule has 4 nitrogen and oxygen atoms in total. The van der Waals surface area contributed by atoms with Gasteiger partial charge < -0.3 is 15.4 Å². The van der Waals surface area contributed by atoms with Crippen molar-refractivity contribution in [2.75, 3.05) is 26.2 Å². The Morgan fingerprint density at radius 3 is 2.79 bits per heavy atom. The van der Waals surface area contributed by atoms with E-state index in [2.05, 4.69) is 0 Å².